The second-order valence-corrected chi connectivity index (χ2v) is 9.96. The Bertz CT molecular complexity index is 508. The number of rotatable bonds is 40. The number of hydrogen-bond donors (Lipinski definition) is 0. The summed E-state index contributed by atoms with van der Waals surface area (Å²) in [6.45, 7) is 16.1. The highest BCUT2D eigenvalue weighted by Gasteiger charge is 1.97. The summed E-state index contributed by atoms with van der Waals surface area (Å²) >= 11 is 2.42. The molecule has 0 rings (SSSR count). The van der Waals surface area contributed by atoms with Gasteiger partial charge in [0, 0.05) is 6.61 Å². The molecule has 0 fully saturated rings. The smallest absolute Gasteiger partial charge is 0.111 e. The average molecular weight is 739 g/mol. The fraction of sp³-hybridized carbons (Fsp3) is 0.933. The van der Waals surface area contributed by atoms with E-state index in [9.17, 15) is 0 Å². The molecule has 0 radical (unpaired) electrons. The molecule has 0 aliphatic heterocycles. The minimum absolute atomic E-state index is 0.504. The molecule has 0 atom stereocenters. The molecule has 12 nitrogen and oxygen atoms in total. The lowest BCUT2D eigenvalue weighted by Gasteiger charge is -2.09. The monoisotopic (exact) mass is 738 g/mol. The topological polar surface area (TPSA) is 111 Å². The van der Waals surface area contributed by atoms with Crippen LogP contribution in [0, 0.1) is 0 Å². The van der Waals surface area contributed by atoms with Gasteiger partial charge in [-0.3, -0.25) is 0 Å². The zero-order chi connectivity index (χ0) is 31.0. The molecule has 0 bridgehead atoms. The van der Waals surface area contributed by atoms with Gasteiger partial charge in [-0.05, 0) is 17.3 Å². The van der Waals surface area contributed by atoms with Crippen LogP contribution in [0.3, 0.4) is 0 Å². The van der Waals surface area contributed by atoms with Gasteiger partial charge in [-0.25, -0.2) is 0 Å². The van der Waals surface area contributed by atoms with E-state index in [2.05, 4.69) is 29.2 Å². The van der Waals surface area contributed by atoms with E-state index < -0.39 is 0 Å². The van der Waals surface area contributed by atoms with Gasteiger partial charge in [-0.1, -0.05) is 42.0 Å². The fourth-order valence-electron chi connectivity index (χ4n) is 3.14. The van der Waals surface area contributed by atoms with Crippen LogP contribution in [0.5, 0.6) is 0 Å². The van der Waals surface area contributed by atoms with Gasteiger partial charge in [0.05, 0.1) is 145 Å². The van der Waals surface area contributed by atoms with Crippen molar-refractivity contribution in [1.82, 2.24) is 0 Å². The van der Waals surface area contributed by atoms with Gasteiger partial charge < -0.3 is 56.8 Å². The molecule has 0 heterocycles. The van der Waals surface area contributed by atoms with Crippen LogP contribution in [0.4, 0.5) is 0 Å². The first-order valence-corrected chi connectivity index (χ1v) is 17.1. The van der Waals surface area contributed by atoms with Crippen molar-refractivity contribution >= 4 is 22.6 Å². The third-order valence-electron chi connectivity index (χ3n) is 5.36. The summed E-state index contributed by atoms with van der Waals surface area (Å²) < 4.78 is 66.2. The maximum Gasteiger partial charge on any atom is 0.111 e. The van der Waals surface area contributed by atoms with E-state index in [1.807, 2.05) is 0 Å². The van der Waals surface area contributed by atoms with Gasteiger partial charge in [0.2, 0.25) is 0 Å². The summed E-state index contributed by atoms with van der Waals surface area (Å²) in [5, 5.41) is 0. The van der Waals surface area contributed by atoms with Crippen LogP contribution in [-0.4, -0.2) is 156 Å². The molecule has 0 aromatic carbocycles. The second kappa shape index (κ2) is 41.8. The Labute approximate surface area is 273 Å². The zero-order valence-corrected chi connectivity index (χ0v) is 28.5. The molecule has 0 spiro atoms. The van der Waals surface area contributed by atoms with E-state index in [1.54, 1.807) is 0 Å². The number of alkyl halides is 1. The van der Waals surface area contributed by atoms with Crippen LogP contribution in [0.25, 0.3) is 0 Å². The summed E-state index contributed by atoms with van der Waals surface area (Å²) in [6.07, 6.45) is 6.38. The molecule has 0 aromatic rings. The maximum absolute atomic E-state index is 5.55. The Morgan fingerprint density at radius 2 is 0.535 bits per heavy atom. The fourth-order valence-corrected chi connectivity index (χ4v) is 3.68. The molecule has 0 unspecified atom stereocenters. The number of ether oxygens (including phenoxy) is 12. The molecule has 0 amide bonds. The molecular formula is C30H59IO12. The molecule has 0 N–H and O–H groups in total. The highest BCUT2D eigenvalue weighted by atomic mass is 127. The predicted molar refractivity (Wildman–Crippen MR) is 173 cm³/mol. The third kappa shape index (κ3) is 41.8. The van der Waals surface area contributed by atoms with Crippen molar-refractivity contribution in [3.8, 4) is 0 Å². The largest absolute Gasteiger partial charge is 0.499 e. The second-order valence-electron chi connectivity index (χ2n) is 8.88. The van der Waals surface area contributed by atoms with Gasteiger partial charge in [0.15, 0.2) is 0 Å². The molecule has 0 aliphatic carbocycles. The first-order valence-electron chi connectivity index (χ1n) is 15.6. The minimum Gasteiger partial charge on any atom is -0.499 e. The first-order chi connectivity index (χ1) is 21.4. The van der Waals surface area contributed by atoms with E-state index in [0.29, 0.717) is 145 Å². The van der Waals surface area contributed by atoms with Crippen LogP contribution in [0.2, 0.25) is 0 Å². The molecular weight excluding hydrogens is 679 g/mol. The average Bonchev–Trinajstić information content (AvgIpc) is 3.02. The van der Waals surface area contributed by atoms with Gasteiger partial charge in [-0.2, -0.15) is 0 Å². The van der Waals surface area contributed by atoms with Crippen LogP contribution in [0.15, 0.2) is 12.8 Å². The summed E-state index contributed by atoms with van der Waals surface area (Å²) in [6, 6.07) is 0. The highest BCUT2D eigenvalue weighted by molar-refractivity contribution is 14.1. The molecule has 0 saturated carbocycles. The van der Waals surface area contributed by atoms with Crippen LogP contribution in [-0.2, 0) is 56.8 Å². The summed E-state index contributed by atoms with van der Waals surface area (Å²) in [7, 11) is 0. The lowest BCUT2D eigenvalue weighted by molar-refractivity contribution is -0.0278. The van der Waals surface area contributed by atoms with Crippen molar-refractivity contribution in [2.24, 2.45) is 0 Å². The van der Waals surface area contributed by atoms with Crippen molar-refractivity contribution in [3.05, 3.63) is 12.8 Å². The third-order valence-corrected chi connectivity index (χ3v) is 6.12. The minimum atomic E-state index is 0.504. The van der Waals surface area contributed by atoms with Gasteiger partial charge in [-0.15, -0.1) is 0 Å². The van der Waals surface area contributed by atoms with Crippen molar-refractivity contribution in [3.63, 3.8) is 0 Å². The summed E-state index contributed by atoms with van der Waals surface area (Å²) in [5.74, 6) is 0. The molecule has 13 heteroatoms. The van der Waals surface area contributed by atoms with E-state index in [4.69, 9.17) is 56.8 Å². The Kier molecular flexibility index (Phi) is 41.7. The lowest BCUT2D eigenvalue weighted by Crippen LogP contribution is -2.15. The summed E-state index contributed by atoms with van der Waals surface area (Å²) in [5.41, 5.74) is 0. The van der Waals surface area contributed by atoms with Gasteiger partial charge in [0.1, 0.15) is 6.61 Å². The standard InChI is InChI=1S/C30H59IO12/c1-2-32-9-10-34-13-14-36-17-18-38-21-22-40-25-26-42-29-30-43-28-27-41-24-23-39-20-19-37-16-15-35-12-11-33-8-6-4-3-5-7-31/h2H,1,3-30H2. The van der Waals surface area contributed by atoms with E-state index in [0.717, 1.165) is 13.0 Å². The Morgan fingerprint density at radius 1 is 0.302 bits per heavy atom. The maximum atomic E-state index is 5.55. The van der Waals surface area contributed by atoms with Gasteiger partial charge in [0.25, 0.3) is 0 Å². The quantitative estimate of drug-likeness (QED) is 0.0398. The van der Waals surface area contributed by atoms with E-state index >= 15 is 0 Å². The molecule has 43 heavy (non-hydrogen) atoms. The van der Waals surface area contributed by atoms with Crippen molar-refractivity contribution in [2.75, 3.05) is 156 Å². The van der Waals surface area contributed by atoms with Crippen molar-refractivity contribution in [1.29, 1.82) is 0 Å². The first kappa shape index (κ1) is 42.8. The zero-order valence-electron chi connectivity index (χ0n) is 26.4. The Morgan fingerprint density at radius 3 is 0.791 bits per heavy atom. The Balaban J connectivity index is 3.03. The molecule has 0 aliphatic rings. The number of unbranched alkanes of at least 4 members (excludes halogenated alkanes) is 3. The highest BCUT2D eigenvalue weighted by Crippen LogP contribution is 2.02. The normalized spacial score (nSPS) is 11.4. The SMILES string of the molecule is C=COCCOCCOCCOCCOCCOCCOCCOCCOCCOCCOCCOCCCCCCI. The summed E-state index contributed by atoms with van der Waals surface area (Å²) in [4.78, 5) is 0. The van der Waals surface area contributed by atoms with Crippen molar-refractivity contribution in [2.45, 2.75) is 25.7 Å². The predicted octanol–water partition coefficient (Wildman–Crippen LogP) is 3.32. The molecule has 0 aromatic heterocycles. The molecule has 0 saturated heterocycles. The molecule has 258 valence electrons. The number of halogens is 1. The van der Waals surface area contributed by atoms with Crippen molar-refractivity contribution < 1.29 is 56.8 Å². The lowest BCUT2D eigenvalue weighted by atomic mass is 10.2. The Hall–Kier alpha value is -0.170. The van der Waals surface area contributed by atoms with Crippen LogP contribution < -0.4 is 0 Å². The van der Waals surface area contributed by atoms with E-state index in [-0.39, 0.29) is 0 Å². The van der Waals surface area contributed by atoms with Crippen LogP contribution >= 0.6 is 22.6 Å². The van der Waals surface area contributed by atoms with Gasteiger partial charge >= 0.3 is 0 Å². The van der Waals surface area contributed by atoms with Crippen LogP contribution in [0.1, 0.15) is 25.7 Å². The van der Waals surface area contributed by atoms with E-state index in [1.165, 1.54) is 30.0 Å². The number of hydrogen-bond acceptors (Lipinski definition) is 12.